The smallest absolute Gasteiger partial charge is 0.232 e. The number of carbonyl (C=O) groups excluding carboxylic acids is 1. The van der Waals surface area contributed by atoms with Crippen LogP contribution in [0.1, 0.15) is 30.7 Å². The van der Waals surface area contributed by atoms with Gasteiger partial charge >= 0.3 is 0 Å². The molecule has 3 aromatic rings. The van der Waals surface area contributed by atoms with Crippen molar-refractivity contribution in [2.75, 3.05) is 18.1 Å². The summed E-state index contributed by atoms with van der Waals surface area (Å²) in [5.41, 5.74) is 2.52. The van der Waals surface area contributed by atoms with Crippen molar-refractivity contribution in [1.29, 1.82) is 0 Å². The zero-order valence-corrected chi connectivity index (χ0v) is 16.4. The van der Waals surface area contributed by atoms with Crippen molar-refractivity contribution in [3.05, 3.63) is 58.9 Å². The molecule has 2 aromatic carbocycles. The summed E-state index contributed by atoms with van der Waals surface area (Å²) in [7, 11) is 0. The van der Waals surface area contributed by atoms with Gasteiger partial charge in [0.1, 0.15) is 5.75 Å². The van der Waals surface area contributed by atoms with E-state index in [1.165, 1.54) is 0 Å². The van der Waals surface area contributed by atoms with Gasteiger partial charge in [0.25, 0.3) is 0 Å². The highest BCUT2D eigenvalue weighted by molar-refractivity contribution is 6.34. The third-order valence-corrected chi connectivity index (χ3v) is 5.08. The minimum atomic E-state index is -0.167. The van der Waals surface area contributed by atoms with E-state index in [4.69, 9.17) is 20.9 Å². The van der Waals surface area contributed by atoms with Crippen LogP contribution < -0.4 is 9.64 Å². The number of halogens is 1. The lowest BCUT2D eigenvalue weighted by molar-refractivity contribution is -0.117. The van der Waals surface area contributed by atoms with Crippen LogP contribution in [0.5, 0.6) is 5.75 Å². The monoisotopic (exact) mass is 397 g/mol. The number of benzene rings is 2. The molecule has 0 aliphatic carbocycles. The summed E-state index contributed by atoms with van der Waals surface area (Å²) in [6, 6.07) is 13.1. The Morgan fingerprint density at radius 2 is 2.11 bits per heavy atom. The number of hydrogen-bond donors (Lipinski definition) is 0. The average Bonchev–Trinajstić information content (AvgIpc) is 3.30. The van der Waals surface area contributed by atoms with E-state index in [-0.39, 0.29) is 11.8 Å². The summed E-state index contributed by atoms with van der Waals surface area (Å²) >= 11 is 6.34. The summed E-state index contributed by atoms with van der Waals surface area (Å²) in [6.45, 7) is 4.92. The van der Waals surface area contributed by atoms with Crippen molar-refractivity contribution in [3.63, 3.8) is 0 Å². The highest BCUT2D eigenvalue weighted by Crippen LogP contribution is 2.37. The third kappa shape index (κ3) is 3.47. The maximum atomic E-state index is 12.6. The van der Waals surface area contributed by atoms with Gasteiger partial charge in [-0.3, -0.25) is 4.79 Å². The number of anilines is 1. The third-order valence-electron chi connectivity index (χ3n) is 4.78. The fraction of sp³-hybridized carbons (Fsp3) is 0.286. The molecular formula is C21H20ClN3O3. The minimum Gasteiger partial charge on any atom is -0.494 e. The zero-order chi connectivity index (χ0) is 19.7. The maximum Gasteiger partial charge on any atom is 0.232 e. The van der Waals surface area contributed by atoms with Gasteiger partial charge in [0.15, 0.2) is 0 Å². The largest absolute Gasteiger partial charge is 0.494 e. The number of aryl methyl sites for hydroxylation is 1. The molecule has 0 N–H and O–H groups in total. The van der Waals surface area contributed by atoms with Crippen LogP contribution in [0.2, 0.25) is 5.02 Å². The maximum absolute atomic E-state index is 12.6. The van der Waals surface area contributed by atoms with Gasteiger partial charge in [0.05, 0.1) is 23.2 Å². The molecule has 4 rings (SSSR count). The topological polar surface area (TPSA) is 68.5 Å². The summed E-state index contributed by atoms with van der Waals surface area (Å²) in [5.74, 6) is 1.52. The Kier molecular flexibility index (Phi) is 5.05. The van der Waals surface area contributed by atoms with Crippen molar-refractivity contribution >= 4 is 23.2 Å². The number of carbonyl (C=O) groups is 1. The number of hydrogen-bond acceptors (Lipinski definition) is 5. The molecule has 1 aliphatic rings. The lowest BCUT2D eigenvalue weighted by atomic mass is 10.1. The first kappa shape index (κ1) is 18.5. The zero-order valence-electron chi connectivity index (χ0n) is 15.7. The van der Waals surface area contributed by atoms with Crippen LogP contribution in [-0.4, -0.2) is 29.2 Å². The number of amides is 1. The highest BCUT2D eigenvalue weighted by Gasteiger charge is 2.36. The molecular weight excluding hydrogens is 378 g/mol. The summed E-state index contributed by atoms with van der Waals surface area (Å²) < 4.78 is 11.0. The Morgan fingerprint density at radius 1 is 1.29 bits per heavy atom. The standard InChI is InChI=1S/C21H20ClN3O3/c1-3-27-16-8-5-7-14(10-16)20-23-21(28-24-20)15-11-18(26)25(12-15)19-13(2)6-4-9-17(19)22/h4-10,15H,3,11-12H2,1-2H3. The molecule has 1 aromatic heterocycles. The van der Waals surface area contributed by atoms with Gasteiger partial charge < -0.3 is 14.2 Å². The van der Waals surface area contributed by atoms with Crippen LogP contribution in [0.15, 0.2) is 47.0 Å². The van der Waals surface area contributed by atoms with E-state index in [2.05, 4.69) is 10.1 Å². The molecule has 144 valence electrons. The van der Waals surface area contributed by atoms with Crippen molar-refractivity contribution in [3.8, 4) is 17.1 Å². The van der Waals surface area contributed by atoms with Crippen LogP contribution in [0.25, 0.3) is 11.4 Å². The first-order valence-electron chi connectivity index (χ1n) is 9.19. The van der Waals surface area contributed by atoms with Crippen LogP contribution >= 0.6 is 11.6 Å². The van der Waals surface area contributed by atoms with Crippen molar-refractivity contribution in [2.24, 2.45) is 0 Å². The molecule has 6 nitrogen and oxygen atoms in total. The molecule has 1 aliphatic heterocycles. The van der Waals surface area contributed by atoms with Gasteiger partial charge in [0, 0.05) is 18.5 Å². The predicted molar refractivity (Wildman–Crippen MR) is 107 cm³/mol. The van der Waals surface area contributed by atoms with E-state index in [1.54, 1.807) is 11.0 Å². The van der Waals surface area contributed by atoms with Crippen LogP contribution in [0, 0.1) is 6.92 Å². The van der Waals surface area contributed by atoms with Gasteiger partial charge in [0.2, 0.25) is 17.6 Å². The van der Waals surface area contributed by atoms with Gasteiger partial charge in [-0.1, -0.05) is 41.0 Å². The molecule has 2 heterocycles. The van der Waals surface area contributed by atoms with Gasteiger partial charge in [-0.15, -0.1) is 0 Å². The Morgan fingerprint density at radius 3 is 2.89 bits per heavy atom. The second kappa shape index (κ2) is 7.64. The fourth-order valence-electron chi connectivity index (χ4n) is 3.46. The first-order valence-corrected chi connectivity index (χ1v) is 9.57. The van der Waals surface area contributed by atoms with E-state index in [0.717, 1.165) is 22.6 Å². The molecule has 1 unspecified atom stereocenters. The first-order chi connectivity index (χ1) is 13.6. The Bertz CT molecular complexity index is 997. The van der Waals surface area contributed by atoms with Crippen molar-refractivity contribution in [1.82, 2.24) is 10.1 Å². The van der Waals surface area contributed by atoms with Crippen molar-refractivity contribution in [2.45, 2.75) is 26.2 Å². The summed E-state index contributed by atoms with van der Waals surface area (Å²) in [6.07, 6.45) is 0.311. The normalized spacial score (nSPS) is 16.6. The van der Waals surface area contributed by atoms with Crippen LogP contribution in [0.3, 0.4) is 0 Å². The lowest BCUT2D eigenvalue weighted by Gasteiger charge is -2.20. The summed E-state index contributed by atoms with van der Waals surface area (Å²) in [5, 5.41) is 4.66. The molecule has 0 radical (unpaired) electrons. The minimum absolute atomic E-state index is 0.000654. The van der Waals surface area contributed by atoms with Gasteiger partial charge in [-0.05, 0) is 37.6 Å². The molecule has 1 saturated heterocycles. The van der Waals surface area contributed by atoms with Gasteiger partial charge in [-0.25, -0.2) is 0 Å². The highest BCUT2D eigenvalue weighted by atomic mass is 35.5. The molecule has 1 atom stereocenters. The number of nitrogens with zero attached hydrogens (tertiary/aromatic N) is 3. The van der Waals surface area contributed by atoms with Crippen LogP contribution in [0.4, 0.5) is 5.69 Å². The van der Waals surface area contributed by atoms with E-state index in [0.29, 0.717) is 36.3 Å². The molecule has 28 heavy (non-hydrogen) atoms. The van der Waals surface area contributed by atoms with E-state index < -0.39 is 0 Å². The molecule has 0 bridgehead atoms. The fourth-order valence-corrected chi connectivity index (χ4v) is 3.79. The molecule has 1 amide bonds. The van der Waals surface area contributed by atoms with E-state index >= 15 is 0 Å². The SMILES string of the molecule is CCOc1cccc(-c2noc(C3CC(=O)N(c4c(C)cccc4Cl)C3)n2)c1. The average molecular weight is 398 g/mol. The number of para-hydroxylation sites is 1. The van der Waals surface area contributed by atoms with Crippen LogP contribution in [-0.2, 0) is 4.79 Å². The molecule has 1 fully saturated rings. The molecule has 0 saturated carbocycles. The quantitative estimate of drug-likeness (QED) is 0.628. The predicted octanol–water partition coefficient (Wildman–Crippen LogP) is 4.62. The van der Waals surface area contributed by atoms with E-state index in [9.17, 15) is 4.79 Å². The lowest BCUT2D eigenvalue weighted by Crippen LogP contribution is -2.25. The van der Waals surface area contributed by atoms with E-state index in [1.807, 2.05) is 50.2 Å². The Labute approximate surface area is 168 Å². The number of aromatic nitrogens is 2. The number of ether oxygens (including phenoxy) is 1. The molecule has 7 heteroatoms. The second-order valence-electron chi connectivity index (χ2n) is 6.73. The van der Waals surface area contributed by atoms with Crippen molar-refractivity contribution < 1.29 is 14.1 Å². The number of rotatable bonds is 5. The molecule has 0 spiro atoms. The summed E-state index contributed by atoms with van der Waals surface area (Å²) in [4.78, 5) is 18.9. The Balaban J connectivity index is 1.57. The Hall–Kier alpha value is -2.86. The second-order valence-corrected chi connectivity index (χ2v) is 7.13. The van der Waals surface area contributed by atoms with Gasteiger partial charge in [-0.2, -0.15) is 4.98 Å².